The third-order valence-electron chi connectivity index (χ3n) is 5.79. The van der Waals surface area contributed by atoms with Gasteiger partial charge in [0.15, 0.2) is 11.9 Å². The summed E-state index contributed by atoms with van der Waals surface area (Å²) in [7, 11) is 0. The fourth-order valence-electron chi connectivity index (χ4n) is 4.07. The number of amides is 1. The van der Waals surface area contributed by atoms with Crippen LogP contribution in [0.1, 0.15) is 61.4 Å². The number of carbonyl (C=O) groups excluding carboxylic acids is 2. The lowest BCUT2D eigenvalue weighted by Crippen LogP contribution is -2.32. The Hall–Kier alpha value is -2.96. The molecule has 164 valence electrons. The molecule has 0 radical (unpaired) electrons. The molecule has 31 heavy (non-hydrogen) atoms. The molecule has 1 aromatic heterocycles. The van der Waals surface area contributed by atoms with Crippen LogP contribution in [0, 0.1) is 5.82 Å². The summed E-state index contributed by atoms with van der Waals surface area (Å²) in [6.07, 6.45) is 6.61. The molecule has 1 aliphatic heterocycles. The van der Waals surface area contributed by atoms with Crippen molar-refractivity contribution in [3.8, 4) is 11.6 Å². The van der Waals surface area contributed by atoms with Gasteiger partial charge in [0.25, 0.3) is 5.91 Å². The topological polar surface area (TPSA) is 68.7 Å². The van der Waals surface area contributed by atoms with Gasteiger partial charge in [-0.05, 0) is 36.6 Å². The molecule has 1 amide bonds. The first-order valence-corrected chi connectivity index (χ1v) is 11.0. The third-order valence-corrected chi connectivity index (χ3v) is 5.79. The molecule has 2 heterocycles. The van der Waals surface area contributed by atoms with Gasteiger partial charge in [0, 0.05) is 36.7 Å². The van der Waals surface area contributed by atoms with E-state index in [4.69, 9.17) is 9.47 Å². The molecular formula is C24H27FN2O4. The van der Waals surface area contributed by atoms with Gasteiger partial charge < -0.3 is 14.4 Å². The Kier molecular flexibility index (Phi) is 6.49. The number of carbonyl (C=O) groups is 2. The van der Waals surface area contributed by atoms with E-state index in [-0.39, 0.29) is 11.7 Å². The predicted octanol–water partition coefficient (Wildman–Crippen LogP) is 4.49. The van der Waals surface area contributed by atoms with Crippen LogP contribution in [-0.2, 0) is 11.2 Å². The van der Waals surface area contributed by atoms with Crippen LogP contribution in [0.4, 0.5) is 10.1 Å². The first-order valence-electron chi connectivity index (χ1n) is 11.0. The molecule has 1 aliphatic carbocycles. The Morgan fingerprint density at radius 1 is 1.16 bits per heavy atom. The van der Waals surface area contributed by atoms with Crippen molar-refractivity contribution < 1.29 is 23.5 Å². The summed E-state index contributed by atoms with van der Waals surface area (Å²) in [5, 5.41) is 0. The van der Waals surface area contributed by atoms with E-state index >= 15 is 0 Å². The van der Waals surface area contributed by atoms with Crippen molar-refractivity contribution in [1.82, 2.24) is 4.98 Å². The Balaban J connectivity index is 1.35. The number of benzene rings is 1. The summed E-state index contributed by atoms with van der Waals surface area (Å²) < 4.78 is 25.8. The lowest BCUT2D eigenvalue weighted by Gasteiger charge is -2.18. The molecule has 0 spiro atoms. The van der Waals surface area contributed by atoms with Crippen LogP contribution in [0.5, 0.6) is 11.6 Å². The zero-order valence-electron chi connectivity index (χ0n) is 17.7. The standard InChI is InChI=1S/C24H27FN2O4/c1-2-3-4-5-12-30-23-9-6-17(15-26-23)31-22-10-11-27(24(22)29)16-13-19-18(20(25)14-16)7-8-21(19)28/h6,9,13-15,22H,2-5,7-8,10-12H2,1H3/t22-/m1/s1. The Morgan fingerprint density at radius 2 is 2.03 bits per heavy atom. The molecule has 0 unspecified atom stereocenters. The highest BCUT2D eigenvalue weighted by molar-refractivity contribution is 6.04. The number of halogens is 1. The highest BCUT2D eigenvalue weighted by atomic mass is 19.1. The first kappa shape index (κ1) is 21.3. The lowest BCUT2D eigenvalue weighted by atomic mass is 10.1. The summed E-state index contributed by atoms with van der Waals surface area (Å²) in [5.41, 5.74) is 1.25. The summed E-state index contributed by atoms with van der Waals surface area (Å²) in [6, 6.07) is 6.43. The van der Waals surface area contributed by atoms with E-state index in [9.17, 15) is 14.0 Å². The molecule has 2 aromatic rings. The van der Waals surface area contributed by atoms with Crippen LogP contribution in [-0.4, -0.2) is 35.9 Å². The average Bonchev–Trinajstić information content (AvgIpc) is 3.32. The van der Waals surface area contributed by atoms with E-state index in [0.717, 1.165) is 12.8 Å². The summed E-state index contributed by atoms with van der Waals surface area (Å²) in [4.78, 5) is 30.6. The number of unbranched alkanes of at least 4 members (excludes halogenated alkanes) is 3. The second kappa shape index (κ2) is 9.45. The number of nitrogens with zero attached hydrogens (tertiary/aromatic N) is 2. The van der Waals surface area contributed by atoms with Gasteiger partial charge in [-0.25, -0.2) is 9.37 Å². The molecule has 0 saturated carbocycles. The second-order valence-electron chi connectivity index (χ2n) is 8.00. The van der Waals surface area contributed by atoms with E-state index in [1.54, 1.807) is 24.4 Å². The van der Waals surface area contributed by atoms with Gasteiger partial charge in [-0.3, -0.25) is 9.59 Å². The van der Waals surface area contributed by atoms with Gasteiger partial charge in [-0.2, -0.15) is 0 Å². The van der Waals surface area contributed by atoms with Crippen molar-refractivity contribution in [3.63, 3.8) is 0 Å². The van der Waals surface area contributed by atoms with Crippen molar-refractivity contribution in [3.05, 3.63) is 47.4 Å². The Bertz CT molecular complexity index is 961. The largest absolute Gasteiger partial charge is 0.479 e. The minimum absolute atomic E-state index is 0.0751. The monoisotopic (exact) mass is 426 g/mol. The minimum Gasteiger partial charge on any atom is -0.479 e. The number of anilines is 1. The molecule has 1 saturated heterocycles. The molecule has 1 fully saturated rings. The minimum atomic E-state index is -0.672. The molecule has 4 rings (SSSR count). The van der Waals surface area contributed by atoms with Crippen LogP contribution in [0.2, 0.25) is 0 Å². The van der Waals surface area contributed by atoms with E-state index in [1.807, 2.05) is 0 Å². The second-order valence-corrected chi connectivity index (χ2v) is 8.00. The van der Waals surface area contributed by atoms with E-state index in [2.05, 4.69) is 11.9 Å². The summed E-state index contributed by atoms with van der Waals surface area (Å²) in [5.74, 6) is 0.260. The number of Topliss-reactive ketones (excluding diaryl/α,β-unsaturated/α-hetero) is 1. The van der Waals surface area contributed by atoms with E-state index in [0.29, 0.717) is 60.9 Å². The summed E-state index contributed by atoms with van der Waals surface area (Å²) in [6.45, 7) is 3.20. The summed E-state index contributed by atoms with van der Waals surface area (Å²) >= 11 is 0. The Labute approximate surface area is 181 Å². The fraction of sp³-hybridized carbons (Fsp3) is 0.458. The molecule has 0 bridgehead atoms. The van der Waals surface area contributed by atoms with Crippen molar-refractivity contribution in [2.24, 2.45) is 0 Å². The van der Waals surface area contributed by atoms with E-state index in [1.165, 1.54) is 23.8 Å². The number of rotatable bonds is 9. The number of hydrogen-bond donors (Lipinski definition) is 0. The highest BCUT2D eigenvalue weighted by Gasteiger charge is 2.36. The zero-order chi connectivity index (χ0) is 21.8. The van der Waals surface area contributed by atoms with Crippen LogP contribution >= 0.6 is 0 Å². The number of fused-ring (bicyclic) bond motifs is 1. The van der Waals surface area contributed by atoms with Crippen molar-refractivity contribution in [2.75, 3.05) is 18.1 Å². The third kappa shape index (κ3) is 4.70. The number of pyridine rings is 1. The number of aromatic nitrogens is 1. The normalized spacial score (nSPS) is 17.9. The molecule has 7 heteroatoms. The number of hydrogen-bond acceptors (Lipinski definition) is 5. The van der Waals surface area contributed by atoms with Gasteiger partial charge in [0.1, 0.15) is 11.6 Å². The molecule has 0 N–H and O–H groups in total. The SMILES string of the molecule is CCCCCCOc1ccc(O[C@@H]2CCN(c3cc(F)c4c(c3)C(=O)CC4)C2=O)cn1. The molecule has 1 aromatic carbocycles. The molecule has 6 nitrogen and oxygen atoms in total. The molecular weight excluding hydrogens is 399 g/mol. The van der Waals surface area contributed by atoms with Gasteiger partial charge in [0.2, 0.25) is 5.88 Å². The highest BCUT2D eigenvalue weighted by Crippen LogP contribution is 2.32. The van der Waals surface area contributed by atoms with Crippen molar-refractivity contribution in [2.45, 2.75) is 58.0 Å². The van der Waals surface area contributed by atoms with Crippen LogP contribution < -0.4 is 14.4 Å². The smallest absolute Gasteiger partial charge is 0.268 e. The number of ketones is 1. The van der Waals surface area contributed by atoms with Crippen LogP contribution in [0.3, 0.4) is 0 Å². The van der Waals surface area contributed by atoms with Gasteiger partial charge >= 0.3 is 0 Å². The van der Waals surface area contributed by atoms with Gasteiger partial charge in [0.05, 0.1) is 12.8 Å². The number of ether oxygens (including phenoxy) is 2. The van der Waals surface area contributed by atoms with Crippen LogP contribution in [0.25, 0.3) is 0 Å². The maximum Gasteiger partial charge on any atom is 0.268 e. The maximum absolute atomic E-state index is 14.4. The van der Waals surface area contributed by atoms with Crippen molar-refractivity contribution >= 4 is 17.4 Å². The first-order chi connectivity index (χ1) is 15.1. The quantitative estimate of drug-likeness (QED) is 0.553. The zero-order valence-corrected chi connectivity index (χ0v) is 17.7. The molecule has 2 aliphatic rings. The fourth-order valence-corrected chi connectivity index (χ4v) is 4.07. The maximum atomic E-state index is 14.4. The average molecular weight is 426 g/mol. The van der Waals surface area contributed by atoms with Crippen molar-refractivity contribution in [1.29, 1.82) is 0 Å². The van der Waals surface area contributed by atoms with Crippen LogP contribution in [0.15, 0.2) is 30.5 Å². The van der Waals surface area contributed by atoms with E-state index < -0.39 is 11.9 Å². The van der Waals surface area contributed by atoms with Gasteiger partial charge in [-0.15, -0.1) is 0 Å². The Morgan fingerprint density at radius 3 is 2.81 bits per heavy atom. The molecule has 1 atom stereocenters. The van der Waals surface area contributed by atoms with Gasteiger partial charge in [-0.1, -0.05) is 26.2 Å². The predicted molar refractivity (Wildman–Crippen MR) is 114 cm³/mol. The lowest BCUT2D eigenvalue weighted by molar-refractivity contribution is -0.122.